The van der Waals surface area contributed by atoms with Gasteiger partial charge in [0.1, 0.15) is 26.6 Å². The minimum atomic E-state index is -0.553. The van der Waals surface area contributed by atoms with Crippen LogP contribution in [0.1, 0.15) is 13.8 Å². The van der Waals surface area contributed by atoms with Gasteiger partial charge in [-0.1, -0.05) is 0 Å². The SMILES string of the molecule is CCNC(=O)CN(COC)C(=O)CN(CO)C(C)=O. The molecule has 0 saturated carbocycles. The van der Waals surface area contributed by atoms with E-state index in [9.17, 15) is 14.4 Å². The van der Waals surface area contributed by atoms with Crippen LogP contribution >= 0.6 is 0 Å². The Labute approximate surface area is 112 Å². The third kappa shape index (κ3) is 6.73. The molecule has 0 aliphatic heterocycles. The number of likely N-dealkylation sites (N-methyl/N-ethyl adjacent to an activating group) is 1. The molecule has 8 heteroatoms. The Morgan fingerprint density at radius 3 is 2.26 bits per heavy atom. The first-order valence-electron chi connectivity index (χ1n) is 5.86. The maximum Gasteiger partial charge on any atom is 0.244 e. The lowest BCUT2D eigenvalue weighted by Crippen LogP contribution is -2.47. The zero-order chi connectivity index (χ0) is 14.8. The van der Waals surface area contributed by atoms with Gasteiger partial charge in [0.2, 0.25) is 17.7 Å². The molecule has 0 rings (SSSR count). The van der Waals surface area contributed by atoms with E-state index >= 15 is 0 Å². The third-order valence-corrected chi connectivity index (χ3v) is 2.29. The van der Waals surface area contributed by atoms with E-state index in [1.807, 2.05) is 0 Å². The number of hydrogen-bond donors (Lipinski definition) is 2. The van der Waals surface area contributed by atoms with E-state index in [0.29, 0.717) is 6.54 Å². The van der Waals surface area contributed by atoms with Crippen molar-refractivity contribution in [3.8, 4) is 0 Å². The molecule has 0 aromatic carbocycles. The first-order chi connectivity index (χ1) is 8.96. The van der Waals surface area contributed by atoms with Gasteiger partial charge in [-0.15, -0.1) is 0 Å². The molecule has 0 aliphatic carbocycles. The van der Waals surface area contributed by atoms with Gasteiger partial charge in [-0.25, -0.2) is 0 Å². The minimum Gasteiger partial charge on any atom is -0.376 e. The fourth-order valence-electron chi connectivity index (χ4n) is 1.31. The van der Waals surface area contributed by atoms with Gasteiger partial charge in [-0.2, -0.15) is 0 Å². The summed E-state index contributed by atoms with van der Waals surface area (Å²) < 4.78 is 4.84. The van der Waals surface area contributed by atoms with Crippen molar-refractivity contribution in [1.29, 1.82) is 0 Å². The van der Waals surface area contributed by atoms with Crippen molar-refractivity contribution in [2.45, 2.75) is 13.8 Å². The highest BCUT2D eigenvalue weighted by Crippen LogP contribution is 1.95. The first kappa shape index (κ1) is 17.3. The van der Waals surface area contributed by atoms with E-state index < -0.39 is 18.5 Å². The van der Waals surface area contributed by atoms with E-state index in [1.165, 1.54) is 14.0 Å². The number of aliphatic hydroxyl groups excluding tert-OH is 1. The number of amides is 3. The third-order valence-electron chi connectivity index (χ3n) is 2.29. The average molecular weight is 275 g/mol. The number of aliphatic hydroxyl groups is 1. The number of nitrogens with one attached hydrogen (secondary N) is 1. The van der Waals surface area contributed by atoms with Gasteiger partial charge in [-0.05, 0) is 6.92 Å². The summed E-state index contributed by atoms with van der Waals surface area (Å²) in [5, 5.41) is 11.5. The van der Waals surface area contributed by atoms with Crippen LogP contribution in [-0.2, 0) is 19.1 Å². The standard InChI is InChI=1S/C11H21N3O5/c1-4-12-10(17)5-14(8-19-3)11(18)6-13(7-15)9(2)16/h15H,4-8H2,1-3H3,(H,12,17). The van der Waals surface area contributed by atoms with Gasteiger partial charge in [0.25, 0.3) is 0 Å². The van der Waals surface area contributed by atoms with Crippen LogP contribution in [0.4, 0.5) is 0 Å². The van der Waals surface area contributed by atoms with Gasteiger partial charge < -0.3 is 25.0 Å². The Morgan fingerprint density at radius 1 is 1.21 bits per heavy atom. The topological polar surface area (TPSA) is 99.2 Å². The van der Waals surface area contributed by atoms with Gasteiger partial charge in [-0.3, -0.25) is 14.4 Å². The van der Waals surface area contributed by atoms with Crippen molar-refractivity contribution in [3.63, 3.8) is 0 Å². The van der Waals surface area contributed by atoms with Crippen molar-refractivity contribution in [2.24, 2.45) is 0 Å². The zero-order valence-electron chi connectivity index (χ0n) is 11.5. The average Bonchev–Trinajstić information content (AvgIpc) is 2.35. The van der Waals surface area contributed by atoms with E-state index in [1.54, 1.807) is 6.92 Å². The zero-order valence-corrected chi connectivity index (χ0v) is 11.5. The highest BCUT2D eigenvalue weighted by molar-refractivity contribution is 5.87. The predicted molar refractivity (Wildman–Crippen MR) is 66.7 cm³/mol. The summed E-state index contributed by atoms with van der Waals surface area (Å²) in [6, 6.07) is 0. The first-order valence-corrected chi connectivity index (χ1v) is 5.86. The fourth-order valence-corrected chi connectivity index (χ4v) is 1.31. The van der Waals surface area contributed by atoms with E-state index in [2.05, 4.69) is 5.32 Å². The van der Waals surface area contributed by atoms with Crippen molar-refractivity contribution in [1.82, 2.24) is 15.1 Å². The summed E-state index contributed by atoms with van der Waals surface area (Å²) >= 11 is 0. The summed E-state index contributed by atoms with van der Waals surface area (Å²) in [6.45, 7) is 2.41. The lowest BCUT2D eigenvalue weighted by Gasteiger charge is -2.24. The Morgan fingerprint density at radius 2 is 1.84 bits per heavy atom. The maximum atomic E-state index is 11.9. The van der Waals surface area contributed by atoms with Crippen LogP contribution in [-0.4, -0.2) is 72.8 Å². The smallest absolute Gasteiger partial charge is 0.244 e. The Hall–Kier alpha value is -1.67. The largest absolute Gasteiger partial charge is 0.376 e. The van der Waals surface area contributed by atoms with Crippen LogP contribution in [0.25, 0.3) is 0 Å². The molecule has 0 aromatic heterocycles. The fraction of sp³-hybridized carbons (Fsp3) is 0.727. The van der Waals surface area contributed by atoms with Crippen molar-refractivity contribution < 1.29 is 24.2 Å². The van der Waals surface area contributed by atoms with Gasteiger partial charge in [0.15, 0.2) is 0 Å². The molecule has 0 saturated heterocycles. The Balaban J connectivity index is 4.55. The number of methoxy groups -OCH3 is 1. The second-order valence-electron chi connectivity index (χ2n) is 3.82. The number of rotatable bonds is 8. The second-order valence-corrected chi connectivity index (χ2v) is 3.82. The van der Waals surface area contributed by atoms with E-state index in [-0.39, 0.29) is 25.7 Å². The summed E-state index contributed by atoms with van der Waals surface area (Å²) in [6.07, 6.45) is 0. The quantitative estimate of drug-likeness (QED) is 0.517. The van der Waals surface area contributed by atoms with Crippen molar-refractivity contribution in [2.75, 3.05) is 40.2 Å². The Bertz CT molecular complexity index is 321. The van der Waals surface area contributed by atoms with Crippen molar-refractivity contribution >= 4 is 17.7 Å². The monoisotopic (exact) mass is 275 g/mol. The molecule has 0 fully saturated rings. The van der Waals surface area contributed by atoms with E-state index in [0.717, 1.165) is 9.80 Å². The highest BCUT2D eigenvalue weighted by atomic mass is 16.5. The van der Waals surface area contributed by atoms with Crippen LogP contribution in [0, 0.1) is 0 Å². The predicted octanol–water partition coefficient (Wildman–Crippen LogP) is -1.65. The normalized spacial score (nSPS) is 9.89. The molecule has 8 nitrogen and oxygen atoms in total. The van der Waals surface area contributed by atoms with Crippen LogP contribution < -0.4 is 5.32 Å². The molecule has 0 heterocycles. The molecule has 0 aliphatic rings. The lowest BCUT2D eigenvalue weighted by molar-refractivity contribution is -0.147. The van der Waals surface area contributed by atoms with Crippen LogP contribution in [0.2, 0.25) is 0 Å². The molecule has 0 unspecified atom stereocenters. The summed E-state index contributed by atoms with van der Waals surface area (Å²) in [5.41, 5.74) is 0. The summed E-state index contributed by atoms with van der Waals surface area (Å²) in [7, 11) is 1.40. The van der Waals surface area contributed by atoms with Crippen LogP contribution in [0.5, 0.6) is 0 Å². The summed E-state index contributed by atoms with van der Waals surface area (Å²) in [4.78, 5) is 36.6. The van der Waals surface area contributed by atoms with Gasteiger partial charge in [0.05, 0.1) is 0 Å². The molecule has 0 atom stereocenters. The number of ether oxygens (including phenoxy) is 1. The molecule has 19 heavy (non-hydrogen) atoms. The molecule has 110 valence electrons. The number of carbonyl (C=O) groups is 3. The van der Waals surface area contributed by atoms with Crippen LogP contribution in [0.3, 0.4) is 0 Å². The minimum absolute atomic E-state index is 0.0624. The van der Waals surface area contributed by atoms with Gasteiger partial charge >= 0.3 is 0 Å². The van der Waals surface area contributed by atoms with Gasteiger partial charge in [0, 0.05) is 20.6 Å². The molecule has 0 aromatic rings. The molecule has 3 amide bonds. The molecule has 0 spiro atoms. The molecule has 0 radical (unpaired) electrons. The van der Waals surface area contributed by atoms with Crippen LogP contribution in [0.15, 0.2) is 0 Å². The highest BCUT2D eigenvalue weighted by Gasteiger charge is 2.20. The molecular formula is C11H21N3O5. The molecule has 2 N–H and O–H groups in total. The lowest BCUT2D eigenvalue weighted by atomic mass is 10.4. The Kier molecular flexibility index (Phi) is 8.47. The molecular weight excluding hydrogens is 254 g/mol. The van der Waals surface area contributed by atoms with E-state index in [4.69, 9.17) is 9.84 Å². The number of nitrogens with zero attached hydrogens (tertiary/aromatic N) is 2. The maximum absolute atomic E-state index is 11.9. The molecule has 0 bridgehead atoms. The second kappa shape index (κ2) is 9.29. The number of hydrogen-bond acceptors (Lipinski definition) is 5. The number of carbonyl (C=O) groups excluding carboxylic acids is 3. The summed E-state index contributed by atoms with van der Waals surface area (Å²) in [5.74, 6) is -1.21. The van der Waals surface area contributed by atoms with Crippen molar-refractivity contribution in [3.05, 3.63) is 0 Å².